The maximum atomic E-state index is 14.0. The van der Waals surface area contributed by atoms with Crippen LogP contribution in [0.5, 0.6) is 0 Å². The van der Waals surface area contributed by atoms with Crippen LogP contribution in [0, 0.1) is 11.7 Å². The van der Waals surface area contributed by atoms with E-state index in [9.17, 15) is 4.39 Å². The fourth-order valence-corrected chi connectivity index (χ4v) is 2.67. The van der Waals surface area contributed by atoms with Crippen LogP contribution in [0.3, 0.4) is 0 Å². The van der Waals surface area contributed by atoms with Gasteiger partial charge in [-0.05, 0) is 31.0 Å². The molecule has 0 unspecified atom stereocenters. The smallest absolute Gasteiger partial charge is 0.170 e. The Hall–Kier alpha value is -0.870. The molecule has 0 fully saturated rings. The second-order valence-corrected chi connectivity index (χ2v) is 6.06. The van der Waals surface area contributed by atoms with Crippen molar-refractivity contribution in [3.05, 3.63) is 33.7 Å². The van der Waals surface area contributed by atoms with E-state index in [1.54, 1.807) is 0 Å². The van der Waals surface area contributed by atoms with Crippen LogP contribution in [-0.2, 0) is 13.0 Å². The van der Waals surface area contributed by atoms with Gasteiger partial charge in [0.1, 0.15) is 5.76 Å². The van der Waals surface area contributed by atoms with Crippen LogP contribution in [0.15, 0.2) is 21.0 Å². The average Bonchev–Trinajstić information content (AvgIpc) is 2.65. The van der Waals surface area contributed by atoms with Gasteiger partial charge in [-0.3, -0.25) is 0 Å². The Bertz CT molecular complexity index is 577. The SMILES string of the molecule is CCNCc1oc2c(F)cc(Br)cc2c1CC(C)C. The molecule has 1 aromatic heterocycles. The van der Waals surface area contributed by atoms with E-state index in [0.717, 1.165) is 34.1 Å². The molecule has 19 heavy (non-hydrogen) atoms. The summed E-state index contributed by atoms with van der Waals surface area (Å²) < 4.78 is 20.4. The summed E-state index contributed by atoms with van der Waals surface area (Å²) in [6.07, 6.45) is 0.892. The van der Waals surface area contributed by atoms with Crippen LogP contribution in [0.2, 0.25) is 0 Å². The van der Waals surface area contributed by atoms with Gasteiger partial charge < -0.3 is 9.73 Å². The van der Waals surface area contributed by atoms with Gasteiger partial charge >= 0.3 is 0 Å². The highest BCUT2D eigenvalue weighted by atomic mass is 79.9. The van der Waals surface area contributed by atoms with Gasteiger partial charge in [-0.15, -0.1) is 0 Å². The molecule has 104 valence electrons. The third kappa shape index (κ3) is 3.18. The number of fused-ring (bicyclic) bond motifs is 1. The molecule has 1 aromatic carbocycles. The van der Waals surface area contributed by atoms with Crippen LogP contribution in [0.4, 0.5) is 4.39 Å². The molecule has 0 radical (unpaired) electrons. The van der Waals surface area contributed by atoms with Crippen LogP contribution >= 0.6 is 15.9 Å². The van der Waals surface area contributed by atoms with Gasteiger partial charge in [-0.2, -0.15) is 0 Å². The van der Waals surface area contributed by atoms with E-state index in [1.807, 2.05) is 13.0 Å². The molecule has 0 saturated carbocycles. The van der Waals surface area contributed by atoms with E-state index < -0.39 is 0 Å². The summed E-state index contributed by atoms with van der Waals surface area (Å²) >= 11 is 3.35. The van der Waals surface area contributed by atoms with E-state index in [4.69, 9.17) is 4.42 Å². The molecule has 0 saturated heterocycles. The topological polar surface area (TPSA) is 25.2 Å². The van der Waals surface area contributed by atoms with Crippen molar-refractivity contribution in [1.82, 2.24) is 5.32 Å². The minimum atomic E-state index is -0.308. The van der Waals surface area contributed by atoms with Crippen LogP contribution in [0.25, 0.3) is 11.0 Å². The molecular weight excluding hydrogens is 309 g/mol. The van der Waals surface area contributed by atoms with E-state index in [0.29, 0.717) is 18.0 Å². The Morgan fingerprint density at radius 3 is 2.74 bits per heavy atom. The van der Waals surface area contributed by atoms with Gasteiger partial charge in [0.2, 0.25) is 0 Å². The maximum Gasteiger partial charge on any atom is 0.170 e. The molecule has 4 heteroatoms. The molecule has 0 spiro atoms. The number of furan rings is 1. The van der Waals surface area contributed by atoms with Gasteiger partial charge in [0.15, 0.2) is 11.4 Å². The highest BCUT2D eigenvalue weighted by molar-refractivity contribution is 9.10. The molecule has 0 aliphatic rings. The minimum absolute atomic E-state index is 0.308. The number of hydrogen-bond donors (Lipinski definition) is 1. The molecule has 0 bridgehead atoms. The maximum absolute atomic E-state index is 14.0. The predicted molar refractivity (Wildman–Crippen MR) is 79.8 cm³/mol. The summed E-state index contributed by atoms with van der Waals surface area (Å²) in [4.78, 5) is 0. The first kappa shape index (κ1) is 14.5. The molecule has 0 atom stereocenters. The minimum Gasteiger partial charge on any atom is -0.456 e. The summed E-state index contributed by atoms with van der Waals surface area (Å²) in [6.45, 7) is 7.87. The predicted octanol–water partition coefficient (Wildman–Crippen LogP) is 4.64. The van der Waals surface area contributed by atoms with Gasteiger partial charge in [0.25, 0.3) is 0 Å². The highest BCUT2D eigenvalue weighted by Crippen LogP contribution is 2.32. The average molecular weight is 328 g/mol. The normalized spacial score (nSPS) is 11.7. The number of benzene rings is 1. The number of rotatable bonds is 5. The van der Waals surface area contributed by atoms with E-state index in [2.05, 4.69) is 35.1 Å². The Morgan fingerprint density at radius 2 is 2.11 bits per heavy atom. The first-order valence-corrected chi connectivity index (χ1v) is 7.42. The van der Waals surface area contributed by atoms with Gasteiger partial charge in [-0.25, -0.2) is 4.39 Å². The number of nitrogens with one attached hydrogen (secondary N) is 1. The molecule has 2 aromatic rings. The van der Waals surface area contributed by atoms with Crippen molar-refractivity contribution in [1.29, 1.82) is 0 Å². The lowest BCUT2D eigenvalue weighted by atomic mass is 9.99. The summed E-state index contributed by atoms with van der Waals surface area (Å²) in [5.74, 6) is 1.04. The van der Waals surface area contributed by atoms with E-state index >= 15 is 0 Å². The molecule has 0 aliphatic carbocycles. The van der Waals surface area contributed by atoms with E-state index in [-0.39, 0.29) is 5.82 Å². The van der Waals surface area contributed by atoms with Crippen molar-refractivity contribution >= 4 is 26.9 Å². The molecule has 0 amide bonds. The van der Waals surface area contributed by atoms with Crippen molar-refractivity contribution in [2.75, 3.05) is 6.54 Å². The fourth-order valence-electron chi connectivity index (χ4n) is 2.24. The fraction of sp³-hybridized carbons (Fsp3) is 0.467. The molecule has 2 nitrogen and oxygen atoms in total. The van der Waals surface area contributed by atoms with Crippen LogP contribution in [0.1, 0.15) is 32.1 Å². The third-order valence-corrected chi connectivity index (χ3v) is 3.50. The second kappa shape index (κ2) is 6.06. The summed E-state index contributed by atoms with van der Waals surface area (Å²) in [5.41, 5.74) is 1.48. The quantitative estimate of drug-likeness (QED) is 0.865. The lowest BCUT2D eigenvalue weighted by molar-refractivity contribution is 0.489. The standard InChI is InChI=1S/C15H19BrFNO/c1-4-18-8-14-11(5-9(2)3)12-6-10(16)7-13(17)15(12)19-14/h6-7,9,18H,4-5,8H2,1-3H3. The van der Waals surface area contributed by atoms with E-state index in [1.165, 1.54) is 6.07 Å². The zero-order valence-corrected chi connectivity index (χ0v) is 13.1. The lowest BCUT2D eigenvalue weighted by Crippen LogP contribution is -2.12. The zero-order valence-electron chi connectivity index (χ0n) is 11.5. The Morgan fingerprint density at radius 1 is 1.37 bits per heavy atom. The first-order chi connectivity index (χ1) is 9.02. The molecule has 1 heterocycles. The second-order valence-electron chi connectivity index (χ2n) is 5.15. The third-order valence-electron chi connectivity index (χ3n) is 3.04. The molecule has 2 rings (SSSR count). The Kier molecular flexibility index (Phi) is 4.63. The first-order valence-electron chi connectivity index (χ1n) is 6.63. The number of halogens is 2. The number of hydrogen-bond acceptors (Lipinski definition) is 2. The molecule has 1 N–H and O–H groups in total. The van der Waals surface area contributed by atoms with Crippen LogP contribution < -0.4 is 5.32 Å². The summed E-state index contributed by atoms with van der Waals surface area (Å²) in [7, 11) is 0. The van der Waals surface area contributed by atoms with Crippen molar-refractivity contribution in [2.45, 2.75) is 33.7 Å². The van der Waals surface area contributed by atoms with Crippen molar-refractivity contribution in [2.24, 2.45) is 5.92 Å². The van der Waals surface area contributed by atoms with Gasteiger partial charge in [0, 0.05) is 15.4 Å². The Balaban J connectivity index is 2.56. The van der Waals surface area contributed by atoms with Crippen LogP contribution in [-0.4, -0.2) is 6.54 Å². The summed E-state index contributed by atoms with van der Waals surface area (Å²) in [6, 6.07) is 3.39. The highest BCUT2D eigenvalue weighted by Gasteiger charge is 2.18. The van der Waals surface area contributed by atoms with Crippen molar-refractivity contribution in [3.8, 4) is 0 Å². The van der Waals surface area contributed by atoms with Crippen molar-refractivity contribution in [3.63, 3.8) is 0 Å². The van der Waals surface area contributed by atoms with Gasteiger partial charge in [-0.1, -0.05) is 36.7 Å². The zero-order chi connectivity index (χ0) is 14.0. The largest absolute Gasteiger partial charge is 0.456 e. The van der Waals surface area contributed by atoms with Crippen molar-refractivity contribution < 1.29 is 8.81 Å². The monoisotopic (exact) mass is 327 g/mol. The molecular formula is C15H19BrFNO. The molecule has 0 aliphatic heterocycles. The summed E-state index contributed by atoms with van der Waals surface area (Å²) in [5, 5.41) is 4.13. The lowest BCUT2D eigenvalue weighted by Gasteiger charge is -2.06. The van der Waals surface area contributed by atoms with Gasteiger partial charge in [0.05, 0.1) is 6.54 Å². The Labute approximate surface area is 121 Å².